The molecule has 0 aliphatic rings. The molecule has 0 bridgehead atoms. The van der Waals surface area contributed by atoms with Crippen LogP contribution in [0.2, 0.25) is 0 Å². The van der Waals surface area contributed by atoms with Crippen molar-refractivity contribution in [2.45, 2.75) is 19.3 Å². The predicted molar refractivity (Wildman–Crippen MR) is 72.3 cm³/mol. The lowest BCUT2D eigenvalue weighted by atomic mass is 10.2. The van der Waals surface area contributed by atoms with Crippen molar-refractivity contribution in [1.29, 1.82) is 0 Å². The zero-order valence-corrected chi connectivity index (χ0v) is 11.6. The van der Waals surface area contributed by atoms with Gasteiger partial charge in [0, 0.05) is 13.1 Å². The molecule has 1 rings (SSSR count). The number of alkyl halides is 3. The molecule has 0 radical (unpaired) electrons. The van der Waals surface area contributed by atoms with Crippen LogP contribution in [0.4, 0.5) is 13.2 Å². The average molecular weight is 290 g/mol. The van der Waals surface area contributed by atoms with Crippen LogP contribution in [0.15, 0.2) is 30.3 Å². The van der Waals surface area contributed by atoms with E-state index in [1.54, 1.807) is 0 Å². The van der Waals surface area contributed by atoms with E-state index in [0.29, 0.717) is 6.54 Å². The summed E-state index contributed by atoms with van der Waals surface area (Å²) in [7, 11) is 2.03. The van der Waals surface area contributed by atoms with Crippen LogP contribution in [0, 0.1) is 0 Å². The van der Waals surface area contributed by atoms with Gasteiger partial charge < -0.3 is 10.2 Å². The molecule has 20 heavy (non-hydrogen) atoms. The molecule has 0 aliphatic carbocycles. The van der Waals surface area contributed by atoms with Crippen molar-refractivity contribution in [2.24, 2.45) is 0 Å². The second kappa shape index (κ2) is 8.94. The van der Waals surface area contributed by atoms with Gasteiger partial charge in [0.05, 0.1) is 6.61 Å². The molecule has 0 heterocycles. The number of rotatable bonds is 9. The fourth-order valence-corrected chi connectivity index (χ4v) is 1.81. The summed E-state index contributed by atoms with van der Waals surface area (Å²) in [5.41, 5.74) is 1.25. The Labute approximate surface area is 117 Å². The van der Waals surface area contributed by atoms with E-state index in [4.69, 9.17) is 0 Å². The standard InChI is InChI=1S/C14H21F3N2O/c1-19(12-13-6-3-2-4-7-13)10-5-8-18-9-11-20-14(15,16)17/h2-4,6-7,18H,5,8-12H2,1H3. The SMILES string of the molecule is CN(CCCNCCOC(F)(F)F)Cc1ccccc1. The first-order valence-electron chi connectivity index (χ1n) is 6.61. The minimum absolute atomic E-state index is 0.210. The Morgan fingerprint density at radius 3 is 2.50 bits per heavy atom. The maximum Gasteiger partial charge on any atom is 0.522 e. The maximum atomic E-state index is 11.7. The average Bonchev–Trinajstić information content (AvgIpc) is 2.37. The molecule has 6 heteroatoms. The van der Waals surface area contributed by atoms with Gasteiger partial charge in [-0.2, -0.15) is 0 Å². The van der Waals surface area contributed by atoms with Crippen molar-refractivity contribution in [1.82, 2.24) is 10.2 Å². The lowest BCUT2D eigenvalue weighted by molar-refractivity contribution is -0.323. The Bertz CT molecular complexity index is 357. The van der Waals surface area contributed by atoms with E-state index in [2.05, 4.69) is 27.1 Å². The third kappa shape index (κ3) is 8.90. The summed E-state index contributed by atoms with van der Waals surface area (Å²) in [4.78, 5) is 2.18. The van der Waals surface area contributed by atoms with Crippen LogP contribution in [0.3, 0.4) is 0 Å². The topological polar surface area (TPSA) is 24.5 Å². The van der Waals surface area contributed by atoms with Gasteiger partial charge in [-0.15, -0.1) is 13.2 Å². The maximum absolute atomic E-state index is 11.7. The summed E-state index contributed by atoms with van der Waals surface area (Å²) in [5.74, 6) is 0. The van der Waals surface area contributed by atoms with Crippen LogP contribution in [0.5, 0.6) is 0 Å². The van der Waals surface area contributed by atoms with Gasteiger partial charge in [-0.3, -0.25) is 4.74 Å². The molecule has 1 N–H and O–H groups in total. The number of hydrogen-bond acceptors (Lipinski definition) is 3. The van der Waals surface area contributed by atoms with Crippen LogP contribution in [0.25, 0.3) is 0 Å². The van der Waals surface area contributed by atoms with E-state index in [0.717, 1.165) is 19.5 Å². The monoisotopic (exact) mass is 290 g/mol. The largest absolute Gasteiger partial charge is 0.522 e. The van der Waals surface area contributed by atoms with Crippen LogP contribution in [-0.4, -0.2) is 44.6 Å². The molecule has 114 valence electrons. The highest BCUT2D eigenvalue weighted by Gasteiger charge is 2.28. The van der Waals surface area contributed by atoms with Gasteiger partial charge in [-0.25, -0.2) is 0 Å². The highest BCUT2D eigenvalue weighted by atomic mass is 19.4. The number of benzene rings is 1. The Morgan fingerprint density at radius 2 is 1.85 bits per heavy atom. The molecule has 0 unspecified atom stereocenters. The zero-order chi connectivity index (χ0) is 14.8. The molecular weight excluding hydrogens is 269 g/mol. The fraction of sp³-hybridized carbons (Fsp3) is 0.571. The number of halogens is 3. The summed E-state index contributed by atoms with van der Waals surface area (Å²) in [6.07, 6.45) is -3.65. The Kier molecular flexibility index (Phi) is 7.58. The minimum atomic E-state index is -4.53. The molecule has 0 spiro atoms. The summed E-state index contributed by atoms with van der Waals surface area (Å²) in [6.45, 7) is 2.31. The van der Waals surface area contributed by atoms with Gasteiger partial charge in [0.25, 0.3) is 0 Å². The van der Waals surface area contributed by atoms with Crippen LogP contribution >= 0.6 is 0 Å². The van der Waals surface area contributed by atoms with Gasteiger partial charge in [0.2, 0.25) is 0 Å². The first-order valence-corrected chi connectivity index (χ1v) is 6.61. The highest BCUT2D eigenvalue weighted by Crippen LogP contribution is 2.15. The summed E-state index contributed by atoms with van der Waals surface area (Å²) >= 11 is 0. The van der Waals surface area contributed by atoms with Crippen molar-refractivity contribution in [3.8, 4) is 0 Å². The molecule has 0 aromatic heterocycles. The second-order valence-corrected chi connectivity index (χ2v) is 4.62. The Balaban J connectivity index is 1.98. The zero-order valence-electron chi connectivity index (χ0n) is 11.6. The minimum Gasteiger partial charge on any atom is -0.314 e. The smallest absolute Gasteiger partial charge is 0.314 e. The van der Waals surface area contributed by atoms with E-state index in [-0.39, 0.29) is 13.2 Å². The van der Waals surface area contributed by atoms with Crippen molar-refractivity contribution < 1.29 is 17.9 Å². The van der Waals surface area contributed by atoms with E-state index >= 15 is 0 Å². The normalized spacial score (nSPS) is 12.1. The first kappa shape index (κ1) is 16.9. The lowest BCUT2D eigenvalue weighted by Crippen LogP contribution is -2.27. The molecule has 3 nitrogen and oxygen atoms in total. The summed E-state index contributed by atoms with van der Waals surface area (Å²) < 4.78 is 38.7. The van der Waals surface area contributed by atoms with E-state index in [1.165, 1.54) is 5.56 Å². The van der Waals surface area contributed by atoms with Gasteiger partial charge >= 0.3 is 6.36 Å². The molecule has 0 amide bonds. The number of nitrogens with zero attached hydrogens (tertiary/aromatic N) is 1. The second-order valence-electron chi connectivity index (χ2n) is 4.62. The molecular formula is C14H21F3N2O. The van der Waals surface area contributed by atoms with Gasteiger partial charge in [0.15, 0.2) is 0 Å². The molecule has 0 saturated heterocycles. The molecule has 1 aromatic rings. The summed E-state index contributed by atoms with van der Waals surface area (Å²) in [5, 5.41) is 2.93. The molecule has 0 saturated carbocycles. The van der Waals surface area contributed by atoms with Crippen LogP contribution in [0.1, 0.15) is 12.0 Å². The number of ether oxygens (including phenoxy) is 1. The molecule has 0 fully saturated rings. The van der Waals surface area contributed by atoms with Gasteiger partial charge in [0.1, 0.15) is 0 Å². The third-order valence-corrected chi connectivity index (χ3v) is 2.73. The van der Waals surface area contributed by atoms with Crippen LogP contribution < -0.4 is 5.32 Å². The van der Waals surface area contributed by atoms with Crippen molar-refractivity contribution >= 4 is 0 Å². The van der Waals surface area contributed by atoms with E-state index < -0.39 is 6.36 Å². The summed E-state index contributed by atoms with van der Waals surface area (Å²) in [6, 6.07) is 10.1. The van der Waals surface area contributed by atoms with E-state index in [1.807, 2.05) is 25.2 Å². The molecule has 1 aromatic carbocycles. The fourth-order valence-electron chi connectivity index (χ4n) is 1.81. The predicted octanol–water partition coefficient (Wildman–Crippen LogP) is 2.63. The number of nitrogens with one attached hydrogen (secondary N) is 1. The Hall–Kier alpha value is -1.11. The lowest BCUT2D eigenvalue weighted by Gasteiger charge is -2.16. The molecule has 0 atom stereocenters. The van der Waals surface area contributed by atoms with Crippen molar-refractivity contribution in [2.75, 3.05) is 33.3 Å². The Morgan fingerprint density at radius 1 is 1.15 bits per heavy atom. The highest BCUT2D eigenvalue weighted by molar-refractivity contribution is 5.14. The van der Waals surface area contributed by atoms with Gasteiger partial charge in [-0.05, 0) is 32.1 Å². The first-order chi connectivity index (χ1) is 9.47. The van der Waals surface area contributed by atoms with Gasteiger partial charge in [-0.1, -0.05) is 30.3 Å². The van der Waals surface area contributed by atoms with E-state index in [9.17, 15) is 13.2 Å². The van der Waals surface area contributed by atoms with Crippen molar-refractivity contribution in [3.63, 3.8) is 0 Å². The molecule has 0 aliphatic heterocycles. The van der Waals surface area contributed by atoms with Crippen LogP contribution in [-0.2, 0) is 11.3 Å². The third-order valence-electron chi connectivity index (χ3n) is 2.73. The number of hydrogen-bond donors (Lipinski definition) is 1. The quantitative estimate of drug-likeness (QED) is 0.708. The van der Waals surface area contributed by atoms with Crippen molar-refractivity contribution in [3.05, 3.63) is 35.9 Å².